The molecule has 2 heterocycles. The van der Waals surface area contributed by atoms with Crippen LogP contribution in [0.5, 0.6) is 0 Å². The molecule has 1 aromatic carbocycles. The molecule has 1 N–H and O–H groups in total. The second-order valence-electron chi connectivity index (χ2n) is 8.75. The van der Waals surface area contributed by atoms with Crippen molar-refractivity contribution in [2.45, 2.75) is 64.1 Å². The van der Waals surface area contributed by atoms with Crippen LogP contribution in [-0.4, -0.2) is 59.1 Å². The predicted octanol–water partition coefficient (Wildman–Crippen LogP) is 4.28. The van der Waals surface area contributed by atoms with Crippen LogP contribution in [-0.2, 0) is 9.53 Å². The fourth-order valence-electron chi connectivity index (χ4n) is 3.94. The number of halogens is 2. The van der Waals surface area contributed by atoms with Crippen molar-refractivity contribution in [3.05, 3.63) is 29.0 Å². The number of rotatable bonds is 3. The van der Waals surface area contributed by atoms with Crippen LogP contribution in [0, 0.1) is 5.82 Å². The van der Waals surface area contributed by atoms with Crippen LogP contribution < -0.4 is 5.32 Å². The largest absolute Gasteiger partial charge is 0.444 e. The summed E-state index contributed by atoms with van der Waals surface area (Å²) < 4.78 is 19.1. The van der Waals surface area contributed by atoms with E-state index < -0.39 is 17.5 Å². The first-order valence-corrected chi connectivity index (χ1v) is 10.5. The van der Waals surface area contributed by atoms with Gasteiger partial charge in [0, 0.05) is 36.4 Å². The lowest BCUT2D eigenvalue weighted by Crippen LogP contribution is -2.57. The summed E-state index contributed by atoms with van der Waals surface area (Å²) in [5.41, 5.74) is -0.0547. The molecule has 8 heteroatoms. The van der Waals surface area contributed by atoms with Crippen molar-refractivity contribution in [2.75, 3.05) is 25.0 Å². The molecule has 160 valence electrons. The van der Waals surface area contributed by atoms with E-state index in [0.717, 1.165) is 19.3 Å². The molecular formula is C21H29ClFN3O3. The quantitative estimate of drug-likeness (QED) is 0.785. The number of likely N-dealkylation sites (tertiary alicyclic amines) is 2. The fraction of sp³-hybridized carbons (Fsp3) is 0.619. The molecule has 0 radical (unpaired) electrons. The number of nitrogens with zero attached hydrogens (tertiary/aromatic N) is 2. The first kappa shape index (κ1) is 21.7. The number of hydrogen-bond acceptors (Lipinski definition) is 4. The average Bonchev–Trinajstić information content (AvgIpc) is 2.61. The second-order valence-corrected chi connectivity index (χ2v) is 9.19. The lowest BCUT2D eigenvalue weighted by Gasteiger charge is -2.43. The molecule has 0 aromatic heterocycles. The van der Waals surface area contributed by atoms with Crippen molar-refractivity contribution in [1.29, 1.82) is 0 Å². The number of anilines is 1. The molecule has 0 spiro atoms. The average molecular weight is 426 g/mol. The van der Waals surface area contributed by atoms with Gasteiger partial charge in [-0.2, -0.15) is 0 Å². The number of benzene rings is 1. The maximum absolute atomic E-state index is 13.6. The summed E-state index contributed by atoms with van der Waals surface area (Å²) in [5, 5.41) is 3.41. The van der Waals surface area contributed by atoms with Gasteiger partial charge in [0.25, 0.3) is 0 Å². The van der Waals surface area contributed by atoms with Gasteiger partial charge in [-0.1, -0.05) is 11.6 Å². The normalized spacial score (nSPS) is 23.1. The van der Waals surface area contributed by atoms with Crippen LogP contribution in [0.1, 0.15) is 46.5 Å². The summed E-state index contributed by atoms with van der Waals surface area (Å²) >= 11 is 5.92. The molecular weight excluding hydrogens is 397 g/mol. The zero-order valence-electron chi connectivity index (χ0n) is 17.2. The highest BCUT2D eigenvalue weighted by molar-refractivity contribution is 6.30. The Balaban J connectivity index is 1.65. The molecule has 29 heavy (non-hydrogen) atoms. The van der Waals surface area contributed by atoms with E-state index in [1.165, 1.54) is 12.1 Å². The molecule has 2 aliphatic heterocycles. The number of piperidine rings is 2. The van der Waals surface area contributed by atoms with Crippen molar-refractivity contribution in [3.63, 3.8) is 0 Å². The van der Waals surface area contributed by atoms with Crippen molar-refractivity contribution < 1.29 is 18.7 Å². The molecule has 3 rings (SSSR count). The van der Waals surface area contributed by atoms with E-state index in [-0.39, 0.29) is 23.1 Å². The van der Waals surface area contributed by atoms with Gasteiger partial charge in [0.2, 0.25) is 5.91 Å². The van der Waals surface area contributed by atoms with E-state index >= 15 is 0 Å². The maximum Gasteiger partial charge on any atom is 0.410 e. The zero-order valence-corrected chi connectivity index (χ0v) is 18.0. The third-order valence-corrected chi connectivity index (χ3v) is 5.38. The smallest absolute Gasteiger partial charge is 0.410 e. The molecule has 0 bridgehead atoms. The first-order valence-electron chi connectivity index (χ1n) is 10.1. The van der Waals surface area contributed by atoms with Crippen molar-refractivity contribution in [3.8, 4) is 0 Å². The van der Waals surface area contributed by atoms with E-state index in [4.69, 9.17) is 16.3 Å². The minimum atomic E-state index is -0.549. The Kier molecular flexibility index (Phi) is 6.56. The third kappa shape index (κ3) is 5.75. The van der Waals surface area contributed by atoms with E-state index in [0.29, 0.717) is 31.7 Å². The molecule has 0 aliphatic carbocycles. The van der Waals surface area contributed by atoms with Gasteiger partial charge >= 0.3 is 6.09 Å². The summed E-state index contributed by atoms with van der Waals surface area (Å²) in [7, 11) is 0. The molecule has 2 amide bonds. The van der Waals surface area contributed by atoms with Gasteiger partial charge in [0.1, 0.15) is 17.5 Å². The van der Waals surface area contributed by atoms with E-state index in [2.05, 4.69) is 5.32 Å². The highest BCUT2D eigenvalue weighted by Gasteiger charge is 2.37. The van der Waals surface area contributed by atoms with Gasteiger partial charge in [0.15, 0.2) is 0 Å². The van der Waals surface area contributed by atoms with E-state index in [9.17, 15) is 14.0 Å². The minimum absolute atomic E-state index is 0.0207. The standard InChI is InChI=1S/C21H29ClFN3O3/c1-21(2,3)29-20(28)25-8-4-6-17(13-25)26-9-5-7-18(19(26)27)24-16-11-14(22)10-15(23)12-16/h10-12,17-18,24H,4-9,13H2,1-3H3. The second kappa shape index (κ2) is 8.78. The summed E-state index contributed by atoms with van der Waals surface area (Å²) in [6, 6.07) is 3.71. The number of amides is 2. The Labute approximate surface area is 176 Å². The lowest BCUT2D eigenvalue weighted by molar-refractivity contribution is -0.138. The Morgan fingerprint density at radius 3 is 2.62 bits per heavy atom. The Morgan fingerprint density at radius 1 is 1.21 bits per heavy atom. The van der Waals surface area contributed by atoms with Crippen LogP contribution in [0.2, 0.25) is 5.02 Å². The van der Waals surface area contributed by atoms with Crippen LogP contribution in [0.3, 0.4) is 0 Å². The van der Waals surface area contributed by atoms with Gasteiger partial charge < -0.3 is 19.9 Å². The topological polar surface area (TPSA) is 61.9 Å². The summed E-state index contributed by atoms with van der Waals surface area (Å²) in [6.45, 7) is 7.30. The van der Waals surface area contributed by atoms with Crippen LogP contribution in [0.4, 0.5) is 14.9 Å². The van der Waals surface area contributed by atoms with E-state index in [1.807, 2.05) is 25.7 Å². The van der Waals surface area contributed by atoms with Gasteiger partial charge in [-0.15, -0.1) is 0 Å². The molecule has 2 aliphatic rings. The molecule has 6 nitrogen and oxygen atoms in total. The van der Waals surface area contributed by atoms with Gasteiger partial charge in [0.05, 0.1) is 0 Å². The Bertz CT molecular complexity index is 748. The summed E-state index contributed by atoms with van der Waals surface area (Å²) in [5.74, 6) is -0.465. The number of carbonyl (C=O) groups is 2. The molecule has 1 aromatic rings. The molecule has 0 saturated carbocycles. The number of hydrogen-bond donors (Lipinski definition) is 1. The predicted molar refractivity (Wildman–Crippen MR) is 111 cm³/mol. The third-order valence-electron chi connectivity index (χ3n) is 5.17. The molecule has 2 saturated heterocycles. The van der Waals surface area contributed by atoms with Crippen molar-refractivity contribution >= 4 is 29.3 Å². The number of nitrogens with one attached hydrogen (secondary N) is 1. The van der Waals surface area contributed by atoms with Crippen LogP contribution >= 0.6 is 11.6 Å². The van der Waals surface area contributed by atoms with Crippen molar-refractivity contribution in [1.82, 2.24) is 9.80 Å². The lowest BCUT2D eigenvalue weighted by atomic mass is 9.98. The fourth-order valence-corrected chi connectivity index (χ4v) is 4.16. The maximum atomic E-state index is 13.6. The molecule has 2 atom stereocenters. The Morgan fingerprint density at radius 2 is 1.93 bits per heavy atom. The number of ether oxygens (including phenoxy) is 1. The van der Waals surface area contributed by atoms with Crippen LogP contribution in [0.25, 0.3) is 0 Å². The van der Waals surface area contributed by atoms with Crippen LogP contribution in [0.15, 0.2) is 18.2 Å². The van der Waals surface area contributed by atoms with Crippen molar-refractivity contribution in [2.24, 2.45) is 0 Å². The van der Waals surface area contributed by atoms with Gasteiger partial charge in [-0.25, -0.2) is 9.18 Å². The molecule has 2 unspecified atom stereocenters. The van der Waals surface area contributed by atoms with Gasteiger partial charge in [-0.3, -0.25) is 4.79 Å². The number of carbonyl (C=O) groups excluding carboxylic acids is 2. The minimum Gasteiger partial charge on any atom is -0.444 e. The highest BCUT2D eigenvalue weighted by atomic mass is 35.5. The van der Waals surface area contributed by atoms with Gasteiger partial charge in [-0.05, 0) is 64.7 Å². The molecule has 2 fully saturated rings. The highest BCUT2D eigenvalue weighted by Crippen LogP contribution is 2.26. The monoisotopic (exact) mass is 425 g/mol. The zero-order chi connectivity index (χ0) is 21.2. The van der Waals surface area contributed by atoms with E-state index in [1.54, 1.807) is 11.0 Å². The summed E-state index contributed by atoms with van der Waals surface area (Å²) in [6.07, 6.45) is 2.85. The summed E-state index contributed by atoms with van der Waals surface area (Å²) in [4.78, 5) is 29.1. The Hall–Kier alpha value is -2.02. The first-order chi connectivity index (χ1) is 13.6. The SMILES string of the molecule is CC(C)(C)OC(=O)N1CCCC(N2CCCC(Nc3cc(F)cc(Cl)c3)C2=O)C1.